The Morgan fingerprint density at radius 2 is 1.71 bits per heavy atom. The normalized spacial score (nSPS) is 27.8. The van der Waals surface area contributed by atoms with Crippen molar-refractivity contribution in [2.75, 3.05) is 54.4 Å². The van der Waals surface area contributed by atoms with Gasteiger partial charge >= 0.3 is 6.03 Å². The first-order valence-electron chi connectivity index (χ1n) is 13.2. The zero-order valence-corrected chi connectivity index (χ0v) is 21.8. The van der Waals surface area contributed by atoms with Crippen LogP contribution in [0.4, 0.5) is 4.79 Å². The Morgan fingerprint density at radius 3 is 2.26 bits per heavy atom. The molecule has 2 amide bonds. The number of carbonyl (C=O) groups is 2. The quantitative estimate of drug-likeness (QED) is 0.516. The van der Waals surface area contributed by atoms with Crippen molar-refractivity contribution in [1.29, 1.82) is 0 Å². The number of rotatable bonds is 10. The van der Waals surface area contributed by atoms with Crippen LogP contribution in [0.25, 0.3) is 0 Å². The van der Waals surface area contributed by atoms with E-state index in [1.165, 1.54) is 24.8 Å². The summed E-state index contributed by atoms with van der Waals surface area (Å²) in [4.78, 5) is 34.9. The lowest BCUT2D eigenvalue weighted by Crippen LogP contribution is -2.56. The summed E-state index contributed by atoms with van der Waals surface area (Å²) in [5.41, 5.74) is 1.25. The predicted molar refractivity (Wildman–Crippen MR) is 137 cm³/mol. The van der Waals surface area contributed by atoms with Crippen LogP contribution in [0.5, 0.6) is 0 Å². The van der Waals surface area contributed by atoms with Gasteiger partial charge in [0.15, 0.2) is 5.78 Å². The predicted octanol–water partition coefficient (Wildman–Crippen LogP) is 4.20. The standard InChI is InChI=1S/C28H44N4O2/c1-29(2)19-9-14-25(33)21-31-22-27(32(26(31)34)20-23-10-8-11-23)15-17-28(18-16-27,30(3)4)24-12-6-5-7-13-24/h5-7,12-13,23H,8-11,14-22H2,1-4H3. The van der Waals surface area contributed by atoms with E-state index in [4.69, 9.17) is 0 Å². The highest BCUT2D eigenvalue weighted by molar-refractivity contribution is 5.87. The molecule has 1 aliphatic heterocycles. The second-order valence-corrected chi connectivity index (χ2v) is 11.5. The minimum Gasteiger partial charge on any atom is -0.317 e. The Balaban J connectivity index is 1.49. The number of Topliss-reactive ketones (excluding diaryl/α,β-unsaturated/α-hetero) is 1. The van der Waals surface area contributed by atoms with Gasteiger partial charge < -0.3 is 14.7 Å². The van der Waals surface area contributed by atoms with Crippen LogP contribution in [-0.4, -0.2) is 91.3 Å². The van der Waals surface area contributed by atoms with Crippen LogP contribution in [0.1, 0.15) is 63.4 Å². The third-order valence-electron chi connectivity index (χ3n) is 8.83. The van der Waals surface area contributed by atoms with Gasteiger partial charge in [0.1, 0.15) is 0 Å². The Morgan fingerprint density at radius 1 is 1.03 bits per heavy atom. The summed E-state index contributed by atoms with van der Waals surface area (Å²) in [6.07, 6.45) is 9.19. The van der Waals surface area contributed by atoms with Crippen molar-refractivity contribution in [2.45, 2.75) is 68.9 Å². The first-order valence-corrected chi connectivity index (χ1v) is 13.2. The monoisotopic (exact) mass is 468 g/mol. The molecule has 0 bridgehead atoms. The van der Waals surface area contributed by atoms with Gasteiger partial charge in [-0.1, -0.05) is 36.8 Å². The Bertz CT molecular complexity index is 841. The number of carbonyl (C=O) groups excluding carboxylic acids is 2. The molecule has 34 heavy (non-hydrogen) atoms. The van der Waals surface area contributed by atoms with Gasteiger partial charge in [-0.15, -0.1) is 0 Å². The lowest BCUT2D eigenvalue weighted by molar-refractivity contribution is -0.119. The number of amides is 2. The van der Waals surface area contributed by atoms with Crippen molar-refractivity contribution in [1.82, 2.24) is 19.6 Å². The molecule has 0 atom stereocenters. The van der Waals surface area contributed by atoms with E-state index in [0.717, 1.165) is 45.2 Å². The molecule has 2 aliphatic carbocycles. The van der Waals surface area contributed by atoms with Crippen molar-refractivity contribution in [3.63, 3.8) is 0 Å². The van der Waals surface area contributed by atoms with Crippen molar-refractivity contribution >= 4 is 11.8 Å². The van der Waals surface area contributed by atoms with Gasteiger partial charge in [-0.25, -0.2) is 4.79 Å². The average molecular weight is 469 g/mol. The van der Waals surface area contributed by atoms with Crippen LogP contribution in [-0.2, 0) is 10.3 Å². The van der Waals surface area contributed by atoms with Gasteiger partial charge in [-0.3, -0.25) is 9.69 Å². The summed E-state index contributed by atoms with van der Waals surface area (Å²) in [6.45, 7) is 2.75. The molecule has 0 N–H and O–H groups in total. The van der Waals surface area contributed by atoms with Crippen LogP contribution in [0.2, 0.25) is 0 Å². The van der Waals surface area contributed by atoms with E-state index in [9.17, 15) is 9.59 Å². The van der Waals surface area contributed by atoms with Gasteiger partial charge in [-0.2, -0.15) is 0 Å². The molecule has 188 valence electrons. The van der Waals surface area contributed by atoms with Crippen LogP contribution in [0.3, 0.4) is 0 Å². The van der Waals surface area contributed by atoms with E-state index in [1.807, 2.05) is 19.0 Å². The molecule has 4 rings (SSSR count). The fourth-order valence-electron chi connectivity index (χ4n) is 6.39. The van der Waals surface area contributed by atoms with Crippen LogP contribution >= 0.6 is 0 Å². The SMILES string of the molecule is CN(C)CCCC(=O)CN1CC2(CCC(c3ccccc3)(N(C)C)CC2)N(CC2CCC2)C1=O. The summed E-state index contributed by atoms with van der Waals surface area (Å²) < 4.78 is 0. The maximum Gasteiger partial charge on any atom is 0.321 e. The highest BCUT2D eigenvalue weighted by Crippen LogP contribution is 2.49. The Labute approximate surface area is 206 Å². The van der Waals surface area contributed by atoms with E-state index < -0.39 is 0 Å². The molecule has 1 spiro atoms. The number of nitrogens with zero attached hydrogens (tertiary/aromatic N) is 4. The van der Waals surface area contributed by atoms with Gasteiger partial charge in [0.05, 0.1) is 12.1 Å². The van der Waals surface area contributed by atoms with Gasteiger partial charge in [0.2, 0.25) is 0 Å². The van der Waals surface area contributed by atoms with Crippen LogP contribution in [0, 0.1) is 5.92 Å². The maximum absolute atomic E-state index is 13.6. The number of benzene rings is 1. The summed E-state index contributed by atoms with van der Waals surface area (Å²) in [7, 11) is 8.44. The molecule has 3 fully saturated rings. The fraction of sp³-hybridized carbons (Fsp3) is 0.714. The Hall–Kier alpha value is -1.92. The molecule has 0 unspecified atom stereocenters. The molecule has 1 aromatic carbocycles. The summed E-state index contributed by atoms with van der Waals surface area (Å²) >= 11 is 0. The molecule has 1 aromatic rings. The number of hydrogen-bond acceptors (Lipinski definition) is 4. The number of urea groups is 1. The summed E-state index contributed by atoms with van der Waals surface area (Å²) in [5.74, 6) is 0.824. The maximum atomic E-state index is 13.6. The molecule has 0 radical (unpaired) electrons. The van der Waals surface area contributed by atoms with E-state index in [2.05, 4.69) is 59.1 Å². The van der Waals surface area contributed by atoms with Crippen molar-refractivity contribution < 1.29 is 9.59 Å². The zero-order chi connectivity index (χ0) is 24.3. The topological polar surface area (TPSA) is 47.1 Å². The van der Waals surface area contributed by atoms with E-state index in [1.54, 1.807) is 0 Å². The molecule has 1 heterocycles. The first-order chi connectivity index (χ1) is 16.3. The van der Waals surface area contributed by atoms with E-state index in [0.29, 0.717) is 18.9 Å². The second kappa shape index (κ2) is 10.4. The zero-order valence-electron chi connectivity index (χ0n) is 21.8. The molecular weight excluding hydrogens is 424 g/mol. The van der Waals surface area contributed by atoms with Crippen molar-refractivity contribution in [3.05, 3.63) is 35.9 Å². The number of hydrogen-bond donors (Lipinski definition) is 0. The van der Waals surface area contributed by atoms with Crippen molar-refractivity contribution in [3.8, 4) is 0 Å². The molecule has 0 aromatic heterocycles. The molecular formula is C28H44N4O2. The highest BCUT2D eigenvalue weighted by Gasteiger charge is 2.55. The third-order valence-corrected chi connectivity index (χ3v) is 8.83. The van der Waals surface area contributed by atoms with Crippen LogP contribution in [0.15, 0.2) is 30.3 Å². The summed E-state index contributed by atoms with van der Waals surface area (Å²) in [5, 5.41) is 0. The first kappa shape index (κ1) is 25.2. The van der Waals surface area contributed by atoms with Crippen LogP contribution < -0.4 is 0 Å². The second-order valence-electron chi connectivity index (χ2n) is 11.5. The minimum absolute atomic E-state index is 0.00706. The largest absolute Gasteiger partial charge is 0.321 e. The molecule has 1 saturated heterocycles. The average Bonchev–Trinajstić information content (AvgIpc) is 3.02. The molecule has 6 nitrogen and oxygen atoms in total. The lowest BCUT2D eigenvalue weighted by Gasteiger charge is -2.51. The fourth-order valence-corrected chi connectivity index (χ4v) is 6.39. The van der Waals surface area contributed by atoms with Gasteiger partial charge in [0, 0.05) is 25.0 Å². The number of ketones is 1. The third kappa shape index (κ3) is 5.03. The molecule has 3 aliphatic rings. The van der Waals surface area contributed by atoms with Gasteiger partial charge in [-0.05, 0) is 91.2 Å². The lowest BCUT2D eigenvalue weighted by atomic mass is 9.68. The molecule has 2 saturated carbocycles. The smallest absolute Gasteiger partial charge is 0.317 e. The van der Waals surface area contributed by atoms with E-state index in [-0.39, 0.29) is 29.4 Å². The minimum atomic E-state index is -0.134. The summed E-state index contributed by atoms with van der Waals surface area (Å²) in [6, 6.07) is 11.0. The Kier molecular flexibility index (Phi) is 7.68. The van der Waals surface area contributed by atoms with E-state index >= 15 is 0 Å². The van der Waals surface area contributed by atoms with Gasteiger partial charge in [0.25, 0.3) is 0 Å². The van der Waals surface area contributed by atoms with Crippen molar-refractivity contribution in [2.24, 2.45) is 5.92 Å². The highest BCUT2D eigenvalue weighted by atomic mass is 16.2. The molecule has 6 heteroatoms.